The summed E-state index contributed by atoms with van der Waals surface area (Å²) in [5.41, 5.74) is 4.57. The number of rotatable bonds is 7. The third-order valence-electron chi connectivity index (χ3n) is 5.28. The van der Waals surface area contributed by atoms with Gasteiger partial charge < -0.3 is 8.83 Å². The van der Waals surface area contributed by atoms with Crippen LogP contribution in [-0.2, 0) is 5.41 Å². The first-order valence-electron chi connectivity index (χ1n) is 11.3. The minimum atomic E-state index is 0.0854. The molecule has 34 heavy (non-hydrogen) atoms. The number of nitrogens with zero attached hydrogens (tertiary/aromatic N) is 4. The lowest BCUT2D eigenvalue weighted by molar-refractivity contribution is 0.554. The molecule has 0 aliphatic heterocycles. The fourth-order valence-corrected chi connectivity index (χ4v) is 3.38. The Morgan fingerprint density at radius 3 is 2.09 bits per heavy atom. The molecule has 6 nitrogen and oxygen atoms in total. The van der Waals surface area contributed by atoms with Crippen molar-refractivity contribution in [3.63, 3.8) is 0 Å². The van der Waals surface area contributed by atoms with Crippen LogP contribution in [0.4, 0.5) is 0 Å². The summed E-state index contributed by atoms with van der Waals surface area (Å²) in [7, 11) is 0. The average molecular weight is 453 g/mol. The zero-order valence-electron chi connectivity index (χ0n) is 19.9. The van der Waals surface area contributed by atoms with Gasteiger partial charge in [0.05, 0.1) is 0 Å². The molecule has 0 fully saturated rings. The molecule has 0 atom stereocenters. The number of aromatic nitrogens is 4. The Bertz CT molecular complexity index is 1340. The largest absolute Gasteiger partial charge is 0.416 e. The first-order valence-corrected chi connectivity index (χ1v) is 11.3. The highest BCUT2D eigenvalue weighted by atomic mass is 16.4. The average Bonchev–Trinajstić information content (AvgIpc) is 3.52. The zero-order chi connectivity index (χ0) is 24.1. The molecule has 6 heteroatoms. The van der Waals surface area contributed by atoms with Gasteiger partial charge in [0.25, 0.3) is 0 Å². The third-order valence-corrected chi connectivity index (χ3v) is 5.28. The van der Waals surface area contributed by atoms with Gasteiger partial charge in [-0.1, -0.05) is 76.8 Å². The summed E-state index contributed by atoms with van der Waals surface area (Å²) in [5, 5.41) is 16.9. The summed E-state index contributed by atoms with van der Waals surface area (Å²) in [5.74, 6) is 1.75. The van der Waals surface area contributed by atoms with E-state index in [1.165, 1.54) is 5.56 Å². The van der Waals surface area contributed by atoms with E-state index in [1.807, 2.05) is 54.6 Å². The smallest absolute Gasteiger partial charge is 0.248 e. The van der Waals surface area contributed by atoms with Crippen molar-refractivity contribution < 1.29 is 8.83 Å². The molecule has 0 spiro atoms. The molecule has 4 aromatic rings. The normalized spacial score (nSPS) is 12.4. The van der Waals surface area contributed by atoms with Crippen LogP contribution in [0.5, 0.6) is 0 Å². The molecule has 4 rings (SSSR count). The number of allylic oxidation sites excluding steroid dienone is 5. The Morgan fingerprint density at radius 1 is 0.853 bits per heavy atom. The fraction of sp³-hybridized carbons (Fsp3) is 0.214. The van der Waals surface area contributed by atoms with Gasteiger partial charge in [-0.15, -0.1) is 20.4 Å². The second kappa shape index (κ2) is 9.83. The van der Waals surface area contributed by atoms with Gasteiger partial charge >= 0.3 is 0 Å². The van der Waals surface area contributed by atoms with E-state index in [-0.39, 0.29) is 5.41 Å². The molecule has 0 aliphatic carbocycles. The lowest BCUT2D eigenvalue weighted by atomic mass is 9.87. The molecular formula is C28H28N4O2. The van der Waals surface area contributed by atoms with E-state index in [0.29, 0.717) is 23.6 Å². The van der Waals surface area contributed by atoms with E-state index in [1.54, 1.807) is 6.08 Å². The molecule has 0 saturated carbocycles. The second-order valence-corrected chi connectivity index (χ2v) is 8.90. The summed E-state index contributed by atoms with van der Waals surface area (Å²) < 4.78 is 11.9. The summed E-state index contributed by atoms with van der Waals surface area (Å²) in [6.45, 7) is 12.4. The highest BCUT2D eigenvalue weighted by Crippen LogP contribution is 2.30. The predicted molar refractivity (Wildman–Crippen MR) is 135 cm³/mol. The quantitative estimate of drug-likeness (QED) is 0.274. The molecule has 0 unspecified atom stereocenters. The minimum Gasteiger partial charge on any atom is -0.416 e. The van der Waals surface area contributed by atoms with Crippen molar-refractivity contribution in [2.24, 2.45) is 0 Å². The number of hydrogen-bond acceptors (Lipinski definition) is 6. The summed E-state index contributed by atoms with van der Waals surface area (Å²) in [4.78, 5) is 0. The van der Waals surface area contributed by atoms with Crippen LogP contribution in [0.2, 0.25) is 0 Å². The van der Waals surface area contributed by atoms with Crippen molar-refractivity contribution in [3.8, 4) is 34.4 Å². The van der Waals surface area contributed by atoms with E-state index in [9.17, 15) is 0 Å². The van der Waals surface area contributed by atoms with Gasteiger partial charge in [0.15, 0.2) is 0 Å². The van der Waals surface area contributed by atoms with Crippen molar-refractivity contribution >= 4 is 5.57 Å². The number of benzene rings is 2. The predicted octanol–water partition coefficient (Wildman–Crippen LogP) is 7.29. The van der Waals surface area contributed by atoms with E-state index >= 15 is 0 Å². The minimum absolute atomic E-state index is 0.0854. The van der Waals surface area contributed by atoms with Gasteiger partial charge in [0.1, 0.15) is 0 Å². The molecule has 0 bridgehead atoms. The van der Waals surface area contributed by atoms with Gasteiger partial charge in [-0.3, -0.25) is 0 Å². The Morgan fingerprint density at radius 2 is 1.47 bits per heavy atom. The van der Waals surface area contributed by atoms with Crippen LogP contribution in [0, 0.1) is 0 Å². The Balaban J connectivity index is 1.59. The van der Waals surface area contributed by atoms with Crippen molar-refractivity contribution in [1.29, 1.82) is 0 Å². The maximum absolute atomic E-state index is 5.97. The van der Waals surface area contributed by atoms with E-state index in [2.05, 4.69) is 66.8 Å². The Hall–Kier alpha value is -4.06. The van der Waals surface area contributed by atoms with Crippen LogP contribution in [-0.4, -0.2) is 20.4 Å². The van der Waals surface area contributed by atoms with Gasteiger partial charge in [-0.2, -0.15) is 0 Å². The zero-order valence-corrected chi connectivity index (χ0v) is 19.9. The van der Waals surface area contributed by atoms with Crippen LogP contribution in [0.25, 0.3) is 39.9 Å². The molecule has 0 N–H and O–H groups in total. The topological polar surface area (TPSA) is 77.8 Å². The lowest BCUT2D eigenvalue weighted by Gasteiger charge is -2.18. The molecule has 0 amide bonds. The van der Waals surface area contributed by atoms with Crippen molar-refractivity contribution in [2.45, 2.75) is 39.5 Å². The first kappa shape index (κ1) is 23.1. The van der Waals surface area contributed by atoms with Crippen molar-refractivity contribution in [1.82, 2.24) is 20.4 Å². The molecule has 0 aliphatic rings. The fourth-order valence-electron chi connectivity index (χ4n) is 3.38. The van der Waals surface area contributed by atoms with Gasteiger partial charge in [-0.25, -0.2) is 0 Å². The second-order valence-electron chi connectivity index (χ2n) is 8.90. The van der Waals surface area contributed by atoms with Crippen LogP contribution < -0.4 is 0 Å². The van der Waals surface area contributed by atoms with Crippen LogP contribution in [0.3, 0.4) is 0 Å². The van der Waals surface area contributed by atoms with Gasteiger partial charge in [0.2, 0.25) is 23.6 Å². The first-order chi connectivity index (χ1) is 16.4. The third kappa shape index (κ3) is 5.12. The van der Waals surface area contributed by atoms with E-state index in [4.69, 9.17) is 8.83 Å². The van der Waals surface area contributed by atoms with Gasteiger partial charge in [0, 0.05) is 22.3 Å². The van der Waals surface area contributed by atoms with E-state index < -0.39 is 0 Å². The summed E-state index contributed by atoms with van der Waals surface area (Å²) in [6.07, 6.45) is 8.43. The van der Waals surface area contributed by atoms with Crippen LogP contribution in [0.1, 0.15) is 45.6 Å². The monoisotopic (exact) mass is 452 g/mol. The molecule has 0 saturated heterocycles. The van der Waals surface area contributed by atoms with Crippen molar-refractivity contribution in [2.75, 3.05) is 0 Å². The van der Waals surface area contributed by atoms with Crippen LogP contribution in [0.15, 0.2) is 88.2 Å². The maximum Gasteiger partial charge on any atom is 0.248 e. The maximum atomic E-state index is 5.97. The van der Waals surface area contributed by atoms with Crippen molar-refractivity contribution in [3.05, 3.63) is 90.9 Å². The Kier molecular flexibility index (Phi) is 6.68. The molecular weight excluding hydrogens is 424 g/mol. The van der Waals surface area contributed by atoms with Gasteiger partial charge in [-0.05, 0) is 47.7 Å². The van der Waals surface area contributed by atoms with E-state index in [0.717, 1.165) is 28.7 Å². The highest BCUT2D eigenvalue weighted by Gasteiger charge is 2.16. The lowest BCUT2D eigenvalue weighted by Crippen LogP contribution is -2.10. The molecule has 2 aromatic carbocycles. The molecule has 2 aromatic heterocycles. The standard InChI is InChI=1S/C28H28N4O2/c1-6-8-11-19(10-7-2)24-29-31-26(33-24)21-12-9-13-22(18-21)27-32-30-25(34-27)20-14-16-23(17-15-20)28(3,4)5/h7-18H,2,6H2,1,3-5H3/b11-8-,19-10+. The molecule has 0 radical (unpaired) electrons. The molecule has 172 valence electrons. The SMILES string of the molecule is C=C/C=C(\C=C/CC)c1nnc(-c2cccc(-c3nnc(-c4ccc(C(C)(C)C)cc4)o3)c2)o1. The summed E-state index contributed by atoms with van der Waals surface area (Å²) >= 11 is 0. The number of hydrogen-bond donors (Lipinski definition) is 0. The molecule has 2 heterocycles. The highest BCUT2D eigenvalue weighted by molar-refractivity contribution is 5.71. The van der Waals surface area contributed by atoms with Crippen LogP contribution >= 0.6 is 0 Å². The Labute approximate surface area is 199 Å². The summed E-state index contributed by atoms with van der Waals surface area (Å²) in [6, 6.07) is 15.8.